The second kappa shape index (κ2) is 15.3. The van der Waals surface area contributed by atoms with Gasteiger partial charge >= 0.3 is 0 Å². The number of nitroso groups, excluding NO2 is 1. The fourth-order valence-electron chi connectivity index (χ4n) is 2.50. The predicted octanol–water partition coefficient (Wildman–Crippen LogP) is 6.59. The molecule has 1 heterocycles. The van der Waals surface area contributed by atoms with Gasteiger partial charge in [0.15, 0.2) is 5.78 Å². The third-order valence-corrected chi connectivity index (χ3v) is 4.09. The Morgan fingerprint density at radius 3 is 2.19 bits per heavy atom. The molecular formula is C25H31NO5. The van der Waals surface area contributed by atoms with Gasteiger partial charge in [0, 0.05) is 11.1 Å². The standard InChI is InChI=1S/C22H23NO4.C2H6.CH2O/c1-5-18(20-10-8-19(9-11-20)16(3)24)7-6-15(2)26-14-21-12-22(13-23-25)27-17(21)4;2*1-2/h5-12H,1,13-14H2,2-4H3;1-2H3;1H2/b15-6+,18-7+;;. The van der Waals surface area contributed by atoms with E-state index in [9.17, 15) is 9.70 Å². The average molecular weight is 426 g/mol. The molecule has 0 fully saturated rings. The first-order chi connectivity index (χ1) is 14.9. The van der Waals surface area contributed by atoms with Crippen molar-refractivity contribution in [1.82, 2.24) is 0 Å². The fraction of sp³-hybridized carbons (Fsp3) is 0.280. The zero-order chi connectivity index (χ0) is 23.8. The van der Waals surface area contributed by atoms with Gasteiger partial charge in [-0.05, 0) is 44.1 Å². The van der Waals surface area contributed by atoms with Crippen LogP contribution in [0, 0.1) is 11.8 Å². The predicted molar refractivity (Wildman–Crippen MR) is 125 cm³/mol. The molecule has 1 aromatic carbocycles. The average Bonchev–Trinajstić information content (AvgIpc) is 3.15. The molecule has 0 saturated heterocycles. The van der Waals surface area contributed by atoms with Crippen LogP contribution in [0.3, 0.4) is 0 Å². The Labute approximate surface area is 184 Å². The number of Topliss-reactive ketones (excluding diaryl/α,β-unsaturated/α-hetero) is 1. The second-order valence-corrected chi connectivity index (χ2v) is 6.11. The van der Waals surface area contributed by atoms with Crippen molar-refractivity contribution >= 4 is 18.1 Å². The van der Waals surface area contributed by atoms with E-state index in [-0.39, 0.29) is 12.3 Å². The number of hydrogen-bond acceptors (Lipinski definition) is 6. The number of furan rings is 1. The third kappa shape index (κ3) is 9.21. The Morgan fingerprint density at radius 1 is 1.10 bits per heavy atom. The molecule has 0 N–H and O–H groups in total. The van der Waals surface area contributed by atoms with Crippen molar-refractivity contribution in [1.29, 1.82) is 0 Å². The Morgan fingerprint density at radius 2 is 1.68 bits per heavy atom. The molecule has 6 nitrogen and oxygen atoms in total. The van der Waals surface area contributed by atoms with Crippen LogP contribution in [0.4, 0.5) is 0 Å². The van der Waals surface area contributed by atoms with Crippen LogP contribution in [0.1, 0.15) is 60.7 Å². The summed E-state index contributed by atoms with van der Waals surface area (Å²) in [6, 6.07) is 9.17. The minimum absolute atomic E-state index is 0.0174. The number of hydrogen-bond donors (Lipinski definition) is 0. The molecule has 0 amide bonds. The van der Waals surface area contributed by atoms with Crippen molar-refractivity contribution in [2.45, 2.75) is 47.8 Å². The molecule has 0 atom stereocenters. The highest BCUT2D eigenvalue weighted by atomic mass is 16.5. The highest BCUT2D eigenvalue weighted by Crippen LogP contribution is 2.19. The van der Waals surface area contributed by atoms with Crippen molar-refractivity contribution < 1.29 is 18.7 Å². The van der Waals surface area contributed by atoms with Gasteiger partial charge in [0.05, 0.1) is 5.76 Å². The van der Waals surface area contributed by atoms with Crippen molar-refractivity contribution in [3.05, 3.63) is 94.0 Å². The molecule has 0 radical (unpaired) electrons. The largest absolute Gasteiger partial charge is 0.493 e. The maximum Gasteiger partial charge on any atom is 0.159 e. The van der Waals surface area contributed by atoms with E-state index in [2.05, 4.69) is 11.8 Å². The number of rotatable bonds is 9. The first-order valence-corrected chi connectivity index (χ1v) is 9.86. The summed E-state index contributed by atoms with van der Waals surface area (Å²) in [4.78, 5) is 29.7. The van der Waals surface area contributed by atoms with Crippen LogP contribution in [0.5, 0.6) is 0 Å². The Kier molecular flexibility index (Phi) is 13.6. The van der Waals surface area contributed by atoms with Gasteiger partial charge in [-0.2, -0.15) is 4.91 Å². The SMILES string of the molecule is C=C/C(=C\C=C(/C)OCc1cc(CN=O)oc1C)c1ccc(C(C)=O)cc1.C=O.CC. The van der Waals surface area contributed by atoms with Crippen LogP contribution in [0.15, 0.2) is 70.5 Å². The van der Waals surface area contributed by atoms with Gasteiger partial charge < -0.3 is 13.9 Å². The van der Waals surface area contributed by atoms with Crippen molar-refractivity contribution in [3.63, 3.8) is 0 Å². The van der Waals surface area contributed by atoms with Gasteiger partial charge in [0.25, 0.3) is 0 Å². The van der Waals surface area contributed by atoms with E-state index in [0.29, 0.717) is 23.7 Å². The van der Waals surface area contributed by atoms with E-state index in [4.69, 9.17) is 13.9 Å². The molecule has 0 aliphatic rings. The molecule has 2 aromatic rings. The maximum absolute atomic E-state index is 11.4. The first-order valence-electron chi connectivity index (χ1n) is 9.86. The summed E-state index contributed by atoms with van der Waals surface area (Å²) < 4.78 is 11.2. The third-order valence-electron chi connectivity index (χ3n) is 4.09. The van der Waals surface area contributed by atoms with Crippen LogP contribution < -0.4 is 0 Å². The molecule has 0 bridgehead atoms. The van der Waals surface area contributed by atoms with E-state index in [1.807, 2.05) is 58.8 Å². The molecule has 1 aromatic heterocycles. The van der Waals surface area contributed by atoms with E-state index in [1.54, 1.807) is 31.2 Å². The lowest BCUT2D eigenvalue weighted by Gasteiger charge is -2.06. The number of carbonyl (C=O) groups is 2. The zero-order valence-corrected chi connectivity index (χ0v) is 18.9. The number of benzene rings is 1. The highest BCUT2D eigenvalue weighted by Gasteiger charge is 2.08. The van der Waals surface area contributed by atoms with Gasteiger partial charge in [-0.1, -0.05) is 62.0 Å². The molecule has 0 aliphatic carbocycles. The molecule has 0 saturated carbocycles. The topological polar surface area (TPSA) is 85.9 Å². The van der Waals surface area contributed by atoms with Gasteiger partial charge in [-0.25, -0.2) is 0 Å². The smallest absolute Gasteiger partial charge is 0.159 e. The number of ether oxygens (including phenoxy) is 1. The molecule has 2 rings (SSSR count). The number of aryl methyl sites for hydroxylation is 1. The lowest BCUT2D eigenvalue weighted by atomic mass is 10.0. The van der Waals surface area contributed by atoms with Crippen molar-refractivity contribution in [3.8, 4) is 0 Å². The van der Waals surface area contributed by atoms with E-state index >= 15 is 0 Å². The fourth-order valence-corrected chi connectivity index (χ4v) is 2.50. The van der Waals surface area contributed by atoms with Gasteiger partial charge in [0.2, 0.25) is 0 Å². The highest BCUT2D eigenvalue weighted by molar-refractivity contribution is 5.94. The van der Waals surface area contributed by atoms with Gasteiger partial charge in [-0.15, -0.1) is 0 Å². The molecule has 6 heteroatoms. The normalized spacial score (nSPS) is 10.7. The van der Waals surface area contributed by atoms with Crippen LogP contribution in [0.2, 0.25) is 0 Å². The number of nitrogens with zero attached hydrogens (tertiary/aromatic N) is 1. The summed E-state index contributed by atoms with van der Waals surface area (Å²) in [5, 5.41) is 2.83. The molecular weight excluding hydrogens is 394 g/mol. The summed E-state index contributed by atoms with van der Waals surface area (Å²) in [5.41, 5.74) is 3.45. The number of carbonyl (C=O) groups excluding carboxylic acids is 2. The first kappa shape index (κ1) is 27.5. The van der Waals surface area contributed by atoms with Crippen molar-refractivity contribution in [2.24, 2.45) is 5.18 Å². The minimum Gasteiger partial charge on any atom is -0.493 e. The van der Waals surface area contributed by atoms with Gasteiger partial charge in [0.1, 0.15) is 31.5 Å². The summed E-state index contributed by atoms with van der Waals surface area (Å²) in [6.45, 7) is 15.4. The molecule has 0 aliphatic heterocycles. The Hall–Kier alpha value is -3.54. The second-order valence-electron chi connectivity index (χ2n) is 6.11. The molecule has 31 heavy (non-hydrogen) atoms. The number of allylic oxidation sites excluding steroid dienone is 5. The van der Waals surface area contributed by atoms with E-state index < -0.39 is 0 Å². The molecule has 0 unspecified atom stereocenters. The summed E-state index contributed by atoms with van der Waals surface area (Å²) in [7, 11) is 0. The molecule has 166 valence electrons. The zero-order valence-electron chi connectivity index (χ0n) is 18.9. The van der Waals surface area contributed by atoms with Crippen LogP contribution in [-0.4, -0.2) is 12.6 Å². The lowest BCUT2D eigenvalue weighted by molar-refractivity contribution is -0.0980. The van der Waals surface area contributed by atoms with Gasteiger partial charge in [-0.3, -0.25) is 4.79 Å². The molecule has 0 spiro atoms. The summed E-state index contributed by atoms with van der Waals surface area (Å²) >= 11 is 0. The van der Waals surface area contributed by atoms with Crippen LogP contribution in [-0.2, 0) is 22.7 Å². The van der Waals surface area contributed by atoms with E-state index in [0.717, 1.165) is 22.5 Å². The summed E-state index contributed by atoms with van der Waals surface area (Å²) in [6.07, 6.45) is 5.53. The Balaban J connectivity index is 0.00000212. The van der Waals surface area contributed by atoms with Crippen LogP contribution in [0.25, 0.3) is 5.57 Å². The quantitative estimate of drug-likeness (QED) is 0.196. The van der Waals surface area contributed by atoms with E-state index in [1.165, 1.54) is 0 Å². The maximum atomic E-state index is 11.4. The summed E-state index contributed by atoms with van der Waals surface area (Å²) in [5.74, 6) is 2.02. The lowest BCUT2D eigenvalue weighted by Crippen LogP contribution is -1.92. The van der Waals surface area contributed by atoms with Crippen molar-refractivity contribution in [2.75, 3.05) is 0 Å². The Bertz CT molecular complexity index is 904. The monoisotopic (exact) mass is 425 g/mol. The minimum atomic E-state index is 0.0174. The van der Waals surface area contributed by atoms with Crippen LogP contribution >= 0.6 is 0 Å². The number of ketones is 1.